The summed E-state index contributed by atoms with van der Waals surface area (Å²) in [6.07, 6.45) is -0.573. The number of rotatable bonds is 8. The highest BCUT2D eigenvalue weighted by atomic mass is 32.2. The van der Waals surface area contributed by atoms with Gasteiger partial charge in [0.25, 0.3) is 0 Å². The Balaban J connectivity index is 1.47. The minimum atomic E-state index is -0.573. The van der Waals surface area contributed by atoms with E-state index in [-0.39, 0.29) is 6.61 Å². The SMILES string of the molecule is Cc1ccccc1Nc1nnc(SC[C@H](O)COc2ccccc2C)s1. The lowest BCUT2D eigenvalue weighted by atomic mass is 10.2. The Labute approximate surface area is 161 Å². The van der Waals surface area contributed by atoms with Crippen molar-refractivity contribution in [3.05, 3.63) is 59.7 Å². The van der Waals surface area contributed by atoms with E-state index in [4.69, 9.17) is 4.74 Å². The Morgan fingerprint density at radius 1 is 1.08 bits per heavy atom. The highest BCUT2D eigenvalue weighted by Gasteiger charge is 2.11. The van der Waals surface area contributed by atoms with E-state index in [2.05, 4.69) is 15.5 Å². The number of aromatic nitrogens is 2. The van der Waals surface area contributed by atoms with Crippen molar-refractivity contribution in [3.8, 4) is 5.75 Å². The third-order valence-corrected chi connectivity index (χ3v) is 5.83. The fraction of sp³-hybridized carbons (Fsp3) is 0.263. The number of para-hydroxylation sites is 2. The maximum absolute atomic E-state index is 10.1. The molecule has 0 spiro atoms. The normalized spacial score (nSPS) is 12.0. The second-order valence-electron chi connectivity index (χ2n) is 5.85. The molecule has 136 valence electrons. The molecule has 2 aromatic carbocycles. The van der Waals surface area contributed by atoms with Gasteiger partial charge in [-0.05, 0) is 37.1 Å². The summed E-state index contributed by atoms with van der Waals surface area (Å²) in [7, 11) is 0. The first-order chi connectivity index (χ1) is 12.6. The van der Waals surface area contributed by atoms with E-state index in [1.54, 1.807) is 0 Å². The number of anilines is 2. The van der Waals surface area contributed by atoms with Crippen molar-refractivity contribution >= 4 is 33.9 Å². The molecule has 2 N–H and O–H groups in total. The van der Waals surface area contributed by atoms with Gasteiger partial charge in [-0.2, -0.15) is 0 Å². The van der Waals surface area contributed by atoms with E-state index < -0.39 is 6.10 Å². The Morgan fingerprint density at radius 2 is 1.81 bits per heavy atom. The number of aliphatic hydroxyl groups is 1. The second kappa shape index (κ2) is 9.02. The molecule has 0 unspecified atom stereocenters. The molecule has 1 heterocycles. The Kier molecular flexibility index (Phi) is 6.49. The standard InChI is InChI=1S/C19H21N3O2S2/c1-13-7-3-5-9-16(13)20-18-21-22-19(26-18)25-12-15(23)11-24-17-10-6-4-8-14(17)2/h3-10,15,23H,11-12H2,1-2H3,(H,20,21)/t15-/m1/s1. The van der Waals surface area contributed by atoms with E-state index in [0.717, 1.165) is 32.0 Å². The van der Waals surface area contributed by atoms with Crippen molar-refractivity contribution < 1.29 is 9.84 Å². The first kappa shape index (κ1) is 18.7. The van der Waals surface area contributed by atoms with Gasteiger partial charge in [-0.1, -0.05) is 59.5 Å². The molecule has 0 saturated heterocycles. The zero-order valence-electron chi connectivity index (χ0n) is 14.7. The second-order valence-corrected chi connectivity index (χ2v) is 8.10. The Morgan fingerprint density at radius 3 is 2.58 bits per heavy atom. The van der Waals surface area contributed by atoms with Gasteiger partial charge in [0, 0.05) is 11.4 Å². The van der Waals surface area contributed by atoms with Gasteiger partial charge in [-0.15, -0.1) is 10.2 Å². The highest BCUT2D eigenvalue weighted by molar-refractivity contribution is 8.01. The van der Waals surface area contributed by atoms with Crippen LogP contribution in [0.15, 0.2) is 52.9 Å². The predicted molar refractivity (Wildman–Crippen MR) is 108 cm³/mol. The predicted octanol–water partition coefficient (Wildman–Crippen LogP) is 4.43. The van der Waals surface area contributed by atoms with Crippen LogP contribution < -0.4 is 10.1 Å². The molecule has 3 aromatic rings. The van der Waals surface area contributed by atoms with Crippen LogP contribution in [0.3, 0.4) is 0 Å². The zero-order chi connectivity index (χ0) is 18.4. The van der Waals surface area contributed by atoms with Crippen LogP contribution in [0, 0.1) is 13.8 Å². The molecule has 7 heteroatoms. The van der Waals surface area contributed by atoms with Crippen molar-refractivity contribution in [1.29, 1.82) is 0 Å². The van der Waals surface area contributed by atoms with Gasteiger partial charge >= 0.3 is 0 Å². The average Bonchev–Trinajstić information content (AvgIpc) is 3.09. The van der Waals surface area contributed by atoms with E-state index in [1.807, 2.05) is 62.4 Å². The summed E-state index contributed by atoms with van der Waals surface area (Å²) >= 11 is 2.95. The first-order valence-electron chi connectivity index (χ1n) is 8.27. The fourth-order valence-electron chi connectivity index (χ4n) is 2.27. The van der Waals surface area contributed by atoms with Gasteiger partial charge < -0.3 is 15.2 Å². The number of aryl methyl sites for hydroxylation is 2. The van der Waals surface area contributed by atoms with Gasteiger partial charge in [-0.25, -0.2) is 0 Å². The summed E-state index contributed by atoms with van der Waals surface area (Å²) < 4.78 is 6.49. The molecular weight excluding hydrogens is 366 g/mol. The molecule has 0 fully saturated rings. The molecule has 3 rings (SSSR count). The van der Waals surface area contributed by atoms with E-state index >= 15 is 0 Å². The maximum Gasteiger partial charge on any atom is 0.210 e. The van der Waals surface area contributed by atoms with E-state index in [0.29, 0.717) is 5.75 Å². The molecule has 26 heavy (non-hydrogen) atoms. The Hall–Kier alpha value is -2.09. The minimum Gasteiger partial charge on any atom is -0.491 e. The number of nitrogens with one attached hydrogen (secondary N) is 1. The number of aliphatic hydroxyl groups excluding tert-OH is 1. The van der Waals surface area contributed by atoms with Crippen LogP contribution in [-0.4, -0.2) is 33.8 Å². The third kappa shape index (κ3) is 5.20. The summed E-state index contributed by atoms with van der Waals surface area (Å²) in [6.45, 7) is 4.29. The lowest BCUT2D eigenvalue weighted by Crippen LogP contribution is -2.20. The van der Waals surface area contributed by atoms with Crippen LogP contribution in [0.5, 0.6) is 5.75 Å². The summed E-state index contributed by atoms with van der Waals surface area (Å²) in [5.41, 5.74) is 3.23. The zero-order valence-corrected chi connectivity index (χ0v) is 16.3. The quantitative estimate of drug-likeness (QED) is 0.557. The molecular formula is C19H21N3O2S2. The van der Waals surface area contributed by atoms with Gasteiger partial charge in [0.05, 0.1) is 6.10 Å². The van der Waals surface area contributed by atoms with Crippen LogP contribution in [0.4, 0.5) is 10.8 Å². The van der Waals surface area contributed by atoms with Gasteiger partial charge in [0.2, 0.25) is 5.13 Å². The smallest absolute Gasteiger partial charge is 0.210 e. The van der Waals surface area contributed by atoms with Crippen LogP contribution in [0.2, 0.25) is 0 Å². The van der Waals surface area contributed by atoms with Crippen LogP contribution >= 0.6 is 23.1 Å². The lowest BCUT2D eigenvalue weighted by Gasteiger charge is -2.12. The van der Waals surface area contributed by atoms with Gasteiger partial charge in [0.1, 0.15) is 12.4 Å². The van der Waals surface area contributed by atoms with Crippen molar-refractivity contribution in [2.24, 2.45) is 0 Å². The maximum atomic E-state index is 10.1. The number of ether oxygens (including phenoxy) is 1. The molecule has 1 atom stereocenters. The number of nitrogens with zero attached hydrogens (tertiary/aromatic N) is 2. The van der Waals surface area contributed by atoms with E-state index in [1.165, 1.54) is 23.1 Å². The van der Waals surface area contributed by atoms with Crippen LogP contribution in [-0.2, 0) is 0 Å². The van der Waals surface area contributed by atoms with E-state index in [9.17, 15) is 5.11 Å². The molecule has 5 nitrogen and oxygen atoms in total. The first-order valence-corrected chi connectivity index (χ1v) is 10.1. The molecule has 0 bridgehead atoms. The monoisotopic (exact) mass is 387 g/mol. The van der Waals surface area contributed by atoms with Gasteiger partial charge in [0.15, 0.2) is 4.34 Å². The largest absolute Gasteiger partial charge is 0.491 e. The number of thioether (sulfide) groups is 1. The summed E-state index contributed by atoms with van der Waals surface area (Å²) in [4.78, 5) is 0. The third-order valence-electron chi connectivity index (χ3n) is 3.72. The molecule has 0 radical (unpaired) electrons. The van der Waals surface area contributed by atoms with Crippen LogP contribution in [0.25, 0.3) is 0 Å². The fourth-order valence-corrected chi connectivity index (χ4v) is 3.96. The highest BCUT2D eigenvalue weighted by Crippen LogP contribution is 2.29. The summed E-state index contributed by atoms with van der Waals surface area (Å²) in [6, 6.07) is 15.8. The molecule has 0 amide bonds. The Bertz CT molecular complexity index is 854. The number of benzene rings is 2. The summed E-state index contributed by atoms with van der Waals surface area (Å²) in [5.74, 6) is 1.31. The number of hydrogen-bond donors (Lipinski definition) is 2. The van der Waals surface area contributed by atoms with Crippen LogP contribution in [0.1, 0.15) is 11.1 Å². The van der Waals surface area contributed by atoms with Gasteiger partial charge in [-0.3, -0.25) is 0 Å². The molecule has 0 aliphatic carbocycles. The topological polar surface area (TPSA) is 67.3 Å². The molecule has 0 aliphatic rings. The average molecular weight is 388 g/mol. The van der Waals surface area contributed by atoms with Crippen molar-refractivity contribution in [2.45, 2.75) is 24.3 Å². The lowest BCUT2D eigenvalue weighted by molar-refractivity contribution is 0.126. The minimum absolute atomic E-state index is 0.255. The van der Waals surface area contributed by atoms with Crippen molar-refractivity contribution in [3.63, 3.8) is 0 Å². The van der Waals surface area contributed by atoms with Crippen molar-refractivity contribution in [1.82, 2.24) is 10.2 Å². The summed E-state index contributed by atoms with van der Waals surface area (Å²) in [5, 5.41) is 22.5. The number of hydrogen-bond acceptors (Lipinski definition) is 7. The van der Waals surface area contributed by atoms with Crippen molar-refractivity contribution in [2.75, 3.05) is 17.7 Å². The molecule has 1 aromatic heterocycles. The molecule has 0 aliphatic heterocycles. The molecule has 0 saturated carbocycles.